The Morgan fingerprint density at radius 3 is 2.38 bits per heavy atom. The summed E-state index contributed by atoms with van der Waals surface area (Å²) in [5.41, 5.74) is -6.45. The quantitative estimate of drug-likeness (QED) is 0.309. The van der Waals surface area contributed by atoms with Gasteiger partial charge in [0.05, 0.1) is 27.3 Å². The number of hydrogen-bond donors (Lipinski definition) is 3. The first-order chi connectivity index (χ1) is 11.9. The van der Waals surface area contributed by atoms with E-state index in [0.29, 0.717) is 17.0 Å². The van der Waals surface area contributed by atoms with E-state index in [1.165, 1.54) is 22.6 Å². The zero-order valence-corrected chi connectivity index (χ0v) is 15.5. The summed E-state index contributed by atoms with van der Waals surface area (Å²) in [6, 6.07) is 1.13. The van der Waals surface area contributed by atoms with Gasteiger partial charge in [-0.1, -0.05) is 0 Å². The third-order valence-corrected chi connectivity index (χ3v) is 5.54. The minimum atomic E-state index is -5.69. The van der Waals surface area contributed by atoms with Crippen molar-refractivity contribution in [3.63, 3.8) is 0 Å². The Morgan fingerprint density at radius 2 is 1.85 bits per heavy atom. The summed E-state index contributed by atoms with van der Waals surface area (Å²) in [6.45, 7) is -0.799. The zero-order chi connectivity index (χ0) is 19.9. The van der Waals surface area contributed by atoms with Crippen LogP contribution in [0.2, 0.25) is 0 Å². The first-order valence-electron chi connectivity index (χ1n) is 6.69. The summed E-state index contributed by atoms with van der Waals surface area (Å²) < 4.78 is 61.0. The second-order valence-electron chi connectivity index (χ2n) is 4.95. The van der Waals surface area contributed by atoms with Crippen molar-refractivity contribution in [2.24, 2.45) is 0 Å². The Kier molecular flexibility index (Phi) is 5.53. The number of benzene rings is 1. The first-order valence-corrected chi connectivity index (χ1v) is 9.25. The highest BCUT2D eigenvalue weighted by Crippen LogP contribution is 2.38. The molecule has 2 amide bonds. The van der Waals surface area contributed by atoms with Crippen LogP contribution < -0.4 is 5.32 Å². The Morgan fingerprint density at radius 1 is 1.23 bits per heavy atom. The lowest BCUT2D eigenvalue weighted by Crippen LogP contribution is -2.34. The number of alkyl halides is 3. The molecular formula is C13H10F3IN2O6S. The number of aliphatic hydroxyl groups is 1. The van der Waals surface area contributed by atoms with Gasteiger partial charge >= 0.3 is 5.51 Å². The Labute approximate surface area is 158 Å². The van der Waals surface area contributed by atoms with Crippen LogP contribution in [0.15, 0.2) is 28.8 Å². The van der Waals surface area contributed by atoms with Crippen LogP contribution >= 0.6 is 22.6 Å². The number of phenolic OH excluding ortho intramolecular Hbond substituents is 1. The van der Waals surface area contributed by atoms with E-state index in [2.05, 4.69) is 5.32 Å². The topological polar surface area (TPSA) is 124 Å². The number of carbonyl (C=O) groups excluding carboxylic acids is 2. The molecular weight excluding hydrogens is 496 g/mol. The average molecular weight is 506 g/mol. The van der Waals surface area contributed by atoms with Crippen molar-refractivity contribution in [2.75, 3.05) is 18.5 Å². The Hall–Kier alpha value is -1.87. The van der Waals surface area contributed by atoms with Gasteiger partial charge in [0.25, 0.3) is 21.7 Å². The SMILES string of the molecule is O=C1C=C(Nc2cc(S(=O)(=O)C(F)(F)F)cc(I)c2O)C(=O)N1CCO. The number of nitrogens with one attached hydrogen (secondary N) is 1. The second-order valence-corrected chi connectivity index (χ2v) is 8.06. The summed E-state index contributed by atoms with van der Waals surface area (Å²) in [5.74, 6) is -2.27. The predicted molar refractivity (Wildman–Crippen MR) is 89.6 cm³/mol. The molecule has 0 spiro atoms. The molecule has 0 saturated heterocycles. The lowest BCUT2D eigenvalue weighted by atomic mass is 10.2. The van der Waals surface area contributed by atoms with E-state index >= 15 is 0 Å². The van der Waals surface area contributed by atoms with Crippen LogP contribution in [0.1, 0.15) is 0 Å². The van der Waals surface area contributed by atoms with Crippen LogP contribution in [0.4, 0.5) is 18.9 Å². The number of phenols is 1. The van der Waals surface area contributed by atoms with Gasteiger partial charge in [-0.15, -0.1) is 0 Å². The van der Waals surface area contributed by atoms with Gasteiger partial charge < -0.3 is 15.5 Å². The number of anilines is 1. The fraction of sp³-hybridized carbons (Fsp3) is 0.231. The largest absolute Gasteiger partial charge is 0.505 e. The highest BCUT2D eigenvalue weighted by Gasteiger charge is 2.47. The van der Waals surface area contributed by atoms with E-state index in [0.717, 1.165) is 6.08 Å². The van der Waals surface area contributed by atoms with Crippen molar-refractivity contribution in [3.8, 4) is 5.75 Å². The number of imide groups is 1. The molecule has 0 atom stereocenters. The molecule has 1 aromatic rings. The van der Waals surface area contributed by atoms with Gasteiger partial charge in [-0.2, -0.15) is 13.2 Å². The van der Waals surface area contributed by atoms with Gasteiger partial charge in [-0.05, 0) is 34.7 Å². The molecule has 0 saturated carbocycles. The van der Waals surface area contributed by atoms with Gasteiger partial charge in [0.2, 0.25) is 0 Å². The van der Waals surface area contributed by atoms with E-state index < -0.39 is 55.8 Å². The number of β-amino-alcohol motifs (C(OH)–C–C–N with tert-alkyl or cyclic N) is 1. The Bertz CT molecular complexity index is 913. The summed E-state index contributed by atoms with van der Waals surface area (Å²) in [6.07, 6.45) is 0.815. The van der Waals surface area contributed by atoms with Gasteiger partial charge in [0.1, 0.15) is 5.70 Å². The number of carbonyl (C=O) groups is 2. The molecule has 0 aliphatic carbocycles. The minimum absolute atomic E-state index is 0.222. The highest BCUT2D eigenvalue weighted by molar-refractivity contribution is 14.1. The minimum Gasteiger partial charge on any atom is -0.505 e. The number of rotatable bonds is 5. The van der Waals surface area contributed by atoms with Crippen LogP contribution in [-0.4, -0.2) is 54.0 Å². The number of sulfone groups is 1. The molecule has 26 heavy (non-hydrogen) atoms. The van der Waals surface area contributed by atoms with E-state index in [1.54, 1.807) is 0 Å². The molecule has 3 N–H and O–H groups in total. The maximum absolute atomic E-state index is 12.7. The molecule has 1 aliphatic rings. The first kappa shape index (κ1) is 20.4. The van der Waals surface area contributed by atoms with Gasteiger partial charge in [-0.3, -0.25) is 14.5 Å². The van der Waals surface area contributed by atoms with Crippen LogP contribution in [0, 0.1) is 3.57 Å². The van der Waals surface area contributed by atoms with Gasteiger partial charge in [-0.25, -0.2) is 8.42 Å². The lowest BCUT2D eigenvalue weighted by Gasteiger charge is -2.15. The highest BCUT2D eigenvalue weighted by atomic mass is 127. The number of aliphatic hydroxyl groups excluding tert-OH is 1. The number of nitrogens with zero attached hydrogens (tertiary/aromatic N) is 1. The molecule has 0 radical (unpaired) electrons. The van der Waals surface area contributed by atoms with Gasteiger partial charge in [0.15, 0.2) is 5.75 Å². The van der Waals surface area contributed by atoms with Crippen LogP contribution in [0.3, 0.4) is 0 Å². The van der Waals surface area contributed by atoms with Crippen molar-refractivity contribution in [3.05, 3.63) is 27.5 Å². The van der Waals surface area contributed by atoms with Crippen LogP contribution in [0.25, 0.3) is 0 Å². The molecule has 0 fully saturated rings. The fourth-order valence-electron chi connectivity index (χ4n) is 2.01. The molecule has 0 aromatic heterocycles. The number of amides is 2. The van der Waals surface area contributed by atoms with Crippen molar-refractivity contribution < 1.29 is 41.4 Å². The van der Waals surface area contributed by atoms with E-state index in [1.807, 2.05) is 0 Å². The van der Waals surface area contributed by atoms with Crippen LogP contribution in [-0.2, 0) is 19.4 Å². The third kappa shape index (κ3) is 3.64. The predicted octanol–water partition coefficient (Wildman–Crippen LogP) is 0.947. The summed E-state index contributed by atoms with van der Waals surface area (Å²) in [4.78, 5) is 23.2. The van der Waals surface area contributed by atoms with E-state index in [9.17, 15) is 36.3 Å². The number of hydrogen-bond acceptors (Lipinski definition) is 7. The van der Waals surface area contributed by atoms with Crippen LogP contribution in [0.5, 0.6) is 5.75 Å². The van der Waals surface area contributed by atoms with Crippen molar-refractivity contribution in [1.82, 2.24) is 4.90 Å². The monoisotopic (exact) mass is 506 g/mol. The standard InChI is InChI=1S/C13H10F3IN2O6S/c14-13(15,16)26(24,25)6-3-7(17)11(22)8(4-6)18-9-5-10(21)19(1-2-20)12(9)23/h3-5,18,20,22H,1-2H2. The van der Waals surface area contributed by atoms with Crippen molar-refractivity contribution >= 4 is 49.9 Å². The molecule has 0 bridgehead atoms. The maximum Gasteiger partial charge on any atom is 0.501 e. The fourth-order valence-corrected chi connectivity index (χ4v) is 3.66. The maximum atomic E-state index is 12.7. The zero-order valence-electron chi connectivity index (χ0n) is 12.5. The normalized spacial score (nSPS) is 15.4. The summed E-state index contributed by atoms with van der Waals surface area (Å²) in [5, 5.41) is 21.0. The molecule has 0 unspecified atom stereocenters. The molecule has 13 heteroatoms. The number of halogens is 4. The average Bonchev–Trinajstić information content (AvgIpc) is 2.78. The smallest absolute Gasteiger partial charge is 0.501 e. The third-order valence-electron chi connectivity index (χ3n) is 3.25. The van der Waals surface area contributed by atoms with Crippen molar-refractivity contribution in [1.29, 1.82) is 0 Å². The second kappa shape index (κ2) is 7.03. The molecule has 2 rings (SSSR count). The van der Waals surface area contributed by atoms with Gasteiger partial charge in [0, 0.05) is 6.08 Å². The molecule has 1 aromatic carbocycles. The summed E-state index contributed by atoms with van der Waals surface area (Å²) >= 11 is 1.42. The Balaban J connectivity index is 2.45. The molecule has 8 nitrogen and oxygen atoms in total. The van der Waals surface area contributed by atoms with E-state index in [4.69, 9.17) is 5.11 Å². The lowest BCUT2D eigenvalue weighted by molar-refractivity contribution is -0.137. The summed E-state index contributed by atoms with van der Waals surface area (Å²) in [7, 11) is -5.69. The van der Waals surface area contributed by atoms with Crippen molar-refractivity contribution in [2.45, 2.75) is 10.4 Å². The van der Waals surface area contributed by atoms with E-state index in [-0.39, 0.29) is 10.1 Å². The molecule has 142 valence electrons. The molecule has 1 aliphatic heterocycles. The number of aromatic hydroxyl groups is 1. The molecule has 1 heterocycles.